The van der Waals surface area contributed by atoms with Gasteiger partial charge in [0.15, 0.2) is 0 Å². The highest BCUT2D eigenvalue weighted by atomic mass is 35.5. The van der Waals surface area contributed by atoms with Crippen LogP contribution in [0.3, 0.4) is 0 Å². The monoisotopic (exact) mass is 225 g/mol. The normalized spacial score (nSPS) is 31.5. The average Bonchev–Trinajstić information content (AvgIpc) is 2.23. The number of hydrogen-bond donors (Lipinski definition) is 1. The zero-order valence-corrected chi connectivity index (χ0v) is 9.84. The summed E-state index contributed by atoms with van der Waals surface area (Å²) in [6, 6.07) is 8.19. The van der Waals surface area contributed by atoms with Crippen molar-refractivity contribution < 1.29 is 4.74 Å². The number of benzene rings is 1. The van der Waals surface area contributed by atoms with Gasteiger partial charge in [0.2, 0.25) is 0 Å². The Morgan fingerprint density at radius 2 is 2.33 bits per heavy atom. The smallest absolute Gasteiger partial charge is 0.105 e. The van der Waals surface area contributed by atoms with Gasteiger partial charge in [-0.05, 0) is 31.5 Å². The van der Waals surface area contributed by atoms with E-state index in [4.69, 9.17) is 16.3 Å². The van der Waals surface area contributed by atoms with Crippen molar-refractivity contribution in [2.75, 3.05) is 13.2 Å². The van der Waals surface area contributed by atoms with Crippen LogP contribution < -0.4 is 5.32 Å². The van der Waals surface area contributed by atoms with Gasteiger partial charge in [0.05, 0.1) is 6.61 Å². The Morgan fingerprint density at radius 3 is 3.00 bits per heavy atom. The summed E-state index contributed by atoms with van der Waals surface area (Å²) < 4.78 is 5.90. The summed E-state index contributed by atoms with van der Waals surface area (Å²) in [5.74, 6) is 0. The first-order valence-electron chi connectivity index (χ1n) is 5.26. The van der Waals surface area contributed by atoms with Gasteiger partial charge in [0.25, 0.3) is 0 Å². The fraction of sp³-hybridized carbons (Fsp3) is 0.500. The zero-order chi connectivity index (χ0) is 10.9. The molecule has 0 radical (unpaired) electrons. The highest BCUT2D eigenvalue weighted by molar-refractivity contribution is 6.30. The highest BCUT2D eigenvalue weighted by Crippen LogP contribution is 2.32. The minimum atomic E-state index is -0.275. The molecule has 0 amide bonds. The minimum Gasteiger partial charge on any atom is -0.368 e. The van der Waals surface area contributed by atoms with E-state index < -0.39 is 0 Å². The lowest BCUT2D eigenvalue weighted by molar-refractivity contribution is -0.0850. The number of morpholine rings is 1. The lowest BCUT2D eigenvalue weighted by Crippen LogP contribution is -2.52. The summed E-state index contributed by atoms with van der Waals surface area (Å²) in [6.07, 6.45) is 0. The maximum atomic E-state index is 6.00. The van der Waals surface area contributed by atoms with E-state index in [1.165, 1.54) is 0 Å². The zero-order valence-electron chi connectivity index (χ0n) is 9.09. The van der Waals surface area contributed by atoms with Crippen LogP contribution in [0.1, 0.15) is 19.4 Å². The van der Waals surface area contributed by atoms with Crippen molar-refractivity contribution in [2.45, 2.75) is 25.5 Å². The molecule has 1 heterocycles. The molecule has 0 saturated carbocycles. The van der Waals surface area contributed by atoms with Gasteiger partial charge in [-0.2, -0.15) is 0 Å². The first-order chi connectivity index (χ1) is 7.13. The first kappa shape index (κ1) is 10.9. The van der Waals surface area contributed by atoms with Crippen molar-refractivity contribution in [2.24, 2.45) is 0 Å². The molecule has 2 unspecified atom stereocenters. The molecule has 0 bridgehead atoms. The average molecular weight is 226 g/mol. The van der Waals surface area contributed by atoms with Crippen LogP contribution in [-0.2, 0) is 10.3 Å². The highest BCUT2D eigenvalue weighted by Gasteiger charge is 2.36. The van der Waals surface area contributed by atoms with E-state index in [-0.39, 0.29) is 5.60 Å². The van der Waals surface area contributed by atoms with Gasteiger partial charge in [-0.3, -0.25) is 0 Å². The Bertz CT molecular complexity index is 355. The van der Waals surface area contributed by atoms with E-state index in [0.717, 1.165) is 23.7 Å². The lowest BCUT2D eigenvalue weighted by Gasteiger charge is -2.40. The molecule has 2 atom stereocenters. The van der Waals surface area contributed by atoms with Crippen molar-refractivity contribution in [3.8, 4) is 0 Å². The molecule has 1 aliphatic rings. The standard InChI is InChI=1S/C12H16ClNO/c1-9-12(2,15-7-6-14-9)10-4-3-5-11(13)8-10/h3-5,8-9,14H,6-7H2,1-2H3. The number of halogens is 1. The van der Waals surface area contributed by atoms with Crippen molar-refractivity contribution >= 4 is 11.6 Å². The van der Waals surface area contributed by atoms with Crippen molar-refractivity contribution in [3.63, 3.8) is 0 Å². The molecule has 0 aromatic heterocycles. The van der Waals surface area contributed by atoms with Crippen LogP contribution in [0.5, 0.6) is 0 Å². The van der Waals surface area contributed by atoms with Gasteiger partial charge >= 0.3 is 0 Å². The van der Waals surface area contributed by atoms with E-state index in [0.29, 0.717) is 6.04 Å². The maximum absolute atomic E-state index is 6.00. The van der Waals surface area contributed by atoms with Gasteiger partial charge in [-0.15, -0.1) is 0 Å². The van der Waals surface area contributed by atoms with E-state index in [2.05, 4.69) is 25.2 Å². The molecule has 82 valence electrons. The fourth-order valence-electron chi connectivity index (χ4n) is 1.99. The first-order valence-corrected chi connectivity index (χ1v) is 5.64. The van der Waals surface area contributed by atoms with Crippen LogP contribution in [0, 0.1) is 0 Å². The van der Waals surface area contributed by atoms with Crippen molar-refractivity contribution in [3.05, 3.63) is 34.9 Å². The number of ether oxygens (including phenoxy) is 1. The van der Waals surface area contributed by atoms with E-state index >= 15 is 0 Å². The Morgan fingerprint density at radius 1 is 1.53 bits per heavy atom. The third-order valence-corrected chi connectivity index (χ3v) is 3.41. The quantitative estimate of drug-likeness (QED) is 0.793. The summed E-state index contributed by atoms with van der Waals surface area (Å²) in [7, 11) is 0. The van der Waals surface area contributed by atoms with Gasteiger partial charge < -0.3 is 10.1 Å². The SMILES string of the molecule is CC1NCCOC1(C)c1cccc(Cl)c1. The number of nitrogens with one attached hydrogen (secondary N) is 1. The predicted octanol–water partition coefficient (Wildman–Crippen LogP) is 2.56. The predicted molar refractivity (Wildman–Crippen MR) is 62.2 cm³/mol. The number of rotatable bonds is 1. The van der Waals surface area contributed by atoms with Crippen molar-refractivity contribution in [1.82, 2.24) is 5.32 Å². The van der Waals surface area contributed by atoms with Gasteiger partial charge in [0, 0.05) is 17.6 Å². The Hall–Kier alpha value is -0.570. The molecule has 1 aromatic carbocycles. The Kier molecular flexibility index (Phi) is 3.01. The molecule has 1 saturated heterocycles. The van der Waals surface area contributed by atoms with Crippen LogP contribution in [-0.4, -0.2) is 19.2 Å². The molecule has 15 heavy (non-hydrogen) atoms. The third-order valence-electron chi connectivity index (χ3n) is 3.18. The van der Waals surface area contributed by atoms with Gasteiger partial charge in [0.1, 0.15) is 5.60 Å². The van der Waals surface area contributed by atoms with E-state index in [1.54, 1.807) is 0 Å². The van der Waals surface area contributed by atoms with Gasteiger partial charge in [-0.25, -0.2) is 0 Å². The van der Waals surface area contributed by atoms with Crippen LogP contribution in [0.4, 0.5) is 0 Å². The largest absolute Gasteiger partial charge is 0.368 e. The molecular weight excluding hydrogens is 210 g/mol. The molecule has 3 heteroatoms. The summed E-state index contributed by atoms with van der Waals surface area (Å²) in [5.41, 5.74) is 0.859. The van der Waals surface area contributed by atoms with Crippen LogP contribution in [0.2, 0.25) is 5.02 Å². The molecular formula is C12H16ClNO. The van der Waals surface area contributed by atoms with E-state index in [1.807, 2.05) is 18.2 Å². The van der Waals surface area contributed by atoms with Crippen LogP contribution in [0.15, 0.2) is 24.3 Å². The minimum absolute atomic E-state index is 0.275. The summed E-state index contributed by atoms with van der Waals surface area (Å²) in [5, 5.41) is 4.18. The summed E-state index contributed by atoms with van der Waals surface area (Å²) >= 11 is 6.00. The Labute approximate surface area is 95.6 Å². The molecule has 0 aliphatic carbocycles. The fourth-order valence-corrected chi connectivity index (χ4v) is 2.18. The van der Waals surface area contributed by atoms with Crippen LogP contribution in [0.25, 0.3) is 0 Å². The second kappa shape index (κ2) is 4.12. The topological polar surface area (TPSA) is 21.3 Å². The second-order valence-electron chi connectivity index (χ2n) is 4.14. The summed E-state index contributed by atoms with van der Waals surface area (Å²) in [6.45, 7) is 5.90. The van der Waals surface area contributed by atoms with Crippen molar-refractivity contribution in [1.29, 1.82) is 0 Å². The second-order valence-corrected chi connectivity index (χ2v) is 4.58. The number of hydrogen-bond acceptors (Lipinski definition) is 2. The molecule has 0 spiro atoms. The van der Waals surface area contributed by atoms with Crippen LogP contribution >= 0.6 is 11.6 Å². The molecule has 2 rings (SSSR count). The molecule has 1 fully saturated rings. The van der Waals surface area contributed by atoms with Gasteiger partial charge in [-0.1, -0.05) is 23.7 Å². The third kappa shape index (κ3) is 2.03. The maximum Gasteiger partial charge on any atom is 0.105 e. The Balaban J connectivity index is 2.34. The summed E-state index contributed by atoms with van der Waals surface area (Å²) in [4.78, 5) is 0. The molecule has 1 aliphatic heterocycles. The molecule has 1 N–H and O–H groups in total. The lowest BCUT2D eigenvalue weighted by atomic mass is 9.88. The molecule has 2 nitrogen and oxygen atoms in total. The van der Waals surface area contributed by atoms with E-state index in [9.17, 15) is 0 Å². The molecule has 1 aromatic rings.